The molecule has 0 bridgehead atoms. The second-order valence-corrected chi connectivity index (χ2v) is 12.7. The Balaban J connectivity index is 0.987. The molecule has 4 aromatic heterocycles. The molecule has 9 heteroatoms. The quantitative estimate of drug-likeness (QED) is 0.212. The van der Waals surface area contributed by atoms with Crippen LogP contribution in [0.2, 0.25) is 0 Å². The highest BCUT2D eigenvalue weighted by molar-refractivity contribution is 7.22. The number of nitrogens with zero attached hydrogens (tertiary/aromatic N) is 6. The lowest BCUT2D eigenvalue weighted by Crippen LogP contribution is -2.37. The zero-order chi connectivity index (χ0) is 30.3. The molecule has 8 nitrogen and oxygen atoms in total. The number of amides is 1. The zero-order valence-corrected chi connectivity index (χ0v) is 25.7. The van der Waals surface area contributed by atoms with Gasteiger partial charge in [-0.2, -0.15) is 9.61 Å². The van der Waals surface area contributed by atoms with Crippen LogP contribution in [0.25, 0.3) is 49.3 Å². The molecule has 3 aromatic carbocycles. The van der Waals surface area contributed by atoms with Crippen molar-refractivity contribution in [3.8, 4) is 22.4 Å². The third-order valence-electron chi connectivity index (χ3n) is 8.58. The van der Waals surface area contributed by atoms with Crippen LogP contribution in [0, 0.1) is 12.8 Å². The van der Waals surface area contributed by atoms with E-state index in [0.29, 0.717) is 5.13 Å². The van der Waals surface area contributed by atoms with Gasteiger partial charge in [0.1, 0.15) is 0 Å². The summed E-state index contributed by atoms with van der Waals surface area (Å²) < 4.78 is 2.92. The monoisotopic (exact) mass is 609 g/mol. The predicted molar refractivity (Wildman–Crippen MR) is 180 cm³/mol. The molecule has 0 radical (unpaired) electrons. The zero-order valence-electron chi connectivity index (χ0n) is 24.9. The first-order chi connectivity index (χ1) is 22.1. The van der Waals surface area contributed by atoms with E-state index in [-0.39, 0.29) is 11.8 Å². The highest BCUT2D eigenvalue weighted by Crippen LogP contribution is 2.34. The first-order valence-electron chi connectivity index (χ1n) is 15.3. The maximum atomic E-state index is 13.0. The molecule has 7 aromatic rings. The second-order valence-electron chi connectivity index (χ2n) is 11.7. The Kier molecular flexibility index (Phi) is 7.04. The summed E-state index contributed by atoms with van der Waals surface area (Å²) in [4.78, 5) is 29.8. The van der Waals surface area contributed by atoms with Crippen molar-refractivity contribution < 1.29 is 4.79 Å². The number of benzene rings is 3. The average Bonchev–Trinajstić information content (AvgIpc) is 3.67. The van der Waals surface area contributed by atoms with Crippen molar-refractivity contribution in [1.82, 2.24) is 29.5 Å². The van der Waals surface area contributed by atoms with E-state index in [9.17, 15) is 4.79 Å². The molecule has 0 saturated carbocycles. The van der Waals surface area contributed by atoms with Gasteiger partial charge >= 0.3 is 0 Å². The number of rotatable bonds is 6. The van der Waals surface area contributed by atoms with Crippen molar-refractivity contribution >= 4 is 49.3 Å². The van der Waals surface area contributed by atoms with Crippen LogP contribution >= 0.6 is 11.3 Å². The van der Waals surface area contributed by atoms with E-state index in [1.165, 1.54) is 16.9 Å². The Morgan fingerprint density at radius 3 is 2.49 bits per heavy atom. The minimum absolute atomic E-state index is 0.00580. The maximum Gasteiger partial charge on any atom is 0.229 e. The Morgan fingerprint density at radius 1 is 0.911 bits per heavy atom. The minimum atomic E-state index is 0.00580. The molecular formula is C36H31N7OS. The number of fused-ring (bicyclic) bond motifs is 4. The number of nitrogens with one attached hydrogen (secondary N) is 1. The molecular weight excluding hydrogens is 579 g/mol. The average molecular weight is 610 g/mol. The third-order valence-corrected chi connectivity index (χ3v) is 9.53. The maximum absolute atomic E-state index is 13.0. The topological polar surface area (TPSA) is 88.3 Å². The van der Waals surface area contributed by atoms with Gasteiger partial charge in [-0.1, -0.05) is 78.1 Å². The lowest BCUT2D eigenvalue weighted by atomic mass is 9.95. The van der Waals surface area contributed by atoms with Crippen molar-refractivity contribution in [3.05, 3.63) is 108 Å². The number of hydrogen-bond donors (Lipinski definition) is 1. The number of likely N-dealkylation sites (tertiary alicyclic amines) is 1. The van der Waals surface area contributed by atoms with Gasteiger partial charge in [0.25, 0.3) is 0 Å². The predicted octanol–water partition coefficient (Wildman–Crippen LogP) is 7.38. The van der Waals surface area contributed by atoms with Gasteiger partial charge in [0, 0.05) is 41.2 Å². The number of thiazole rings is 1. The van der Waals surface area contributed by atoms with Crippen LogP contribution in [0.4, 0.5) is 5.13 Å². The van der Waals surface area contributed by atoms with Crippen molar-refractivity contribution in [2.24, 2.45) is 5.92 Å². The van der Waals surface area contributed by atoms with Crippen molar-refractivity contribution in [1.29, 1.82) is 0 Å². The SMILES string of the molecule is Cc1cc2ncc3cc(-c4ccccc4)c(-c4ccc(CN5CCC(C(=O)Nc6nc7ccccc7s6)CC5)cc4)nc3n2n1. The number of aromatic nitrogens is 5. The molecule has 8 rings (SSSR count). The first kappa shape index (κ1) is 27.6. The molecule has 1 amide bonds. The molecule has 1 aliphatic heterocycles. The summed E-state index contributed by atoms with van der Waals surface area (Å²) in [7, 11) is 0. The first-order valence-corrected chi connectivity index (χ1v) is 16.1. The van der Waals surface area contributed by atoms with E-state index in [1.807, 2.05) is 54.0 Å². The number of anilines is 1. The number of carbonyl (C=O) groups excluding carboxylic acids is 1. The van der Waals surface area contributed by atoms with Crippen LogP contribution in [0.3, 0.4) is 0 Å². The largest absolute Gasteiger partial charge is 0.302 e. The van der Waals surface area contributed by atoms with E-state index in [2.05, 4.69) is 79.9 Å². The van der Waals surface area contributed by atoms with Gasteiger partial charge in [-0.25, -0.2) is 15.0 Å². The molecule has 5 heterocycles. The van der Waals surface area contributed by atoms with Gasteiger partial charge in [-0.15, -0.1) is 0 Å². The number of hydrogen-bond acceptors (Lipinski definition) is 7. The van der Waals surface area contributed by atoms with Crippen LogP contribution in [-0.2, 0) is 11.3 Å². The molecule has 0 atom stereocenters. The Hall–Kier alpha value is -4.99. The molecule has 45 heavy (non-hydrogen) atoms. The number of piperidine rings is 1. The summed E-state index contributed by atoms with van der Waals surface area (Å²) in [6.07, 6.45) is 3.56. The fourth-order valence-corrected chi connectivity index (χ4v) is 7.09. The van der Waals surface area contributed by atoms with E-state index < -0.39 is 0 Å². The summed E-state index contributed by atoms with van der Waals surface area (Å²) in [5.41, 5.74) is 8.81. The highest BCUT2D eigenvalue weighted by atomic mass is 32.1. The molecule has 1 N–H and O–H groups in total. The summed E-state index contributed by atoms with van der Waals surface area (Å²) in [5.74, 6) is 0.0831. The van der Waals surface area contributed by atoms with Crippen LogP contribution in [0.15, 0.2) is 97.2 Å². The Labute approximate surface area is 264 Å². The molecule has 1 aliphatic rings. The summed E-state index contributed by atoms with van der Waals surface area (Å²) in [6.45, 7) is 4.59. The van der Waals surface area contributed by atoms with Crippen LogP contribution in [0.5, 0.6) is 0 Å². The van der Waals surface area contributed by atoms with Crippen LogP contribution < -0.4 is 5.32 Å². The molecule has 1 fully saturated rings. The third kappa shape index (κ3) is 5.45. The fraction of sp³-hybridized carbons (Fsp3) is 0.194. The molecule has 0 unspecified atom stereocenters. The van der Waals surface area contributed by atoms with Gasteiger partial charge in [-0.3, -0.25) is 9.69 Å². The lowest BCUT2D eigenvalue weighted by Gasteiger charge is -2.31. The standard InChI is InChI=1S/C36H31N7OS/c1-23-19-32-37-21-28-20-29(25-7-3-2-4-8-25)33(39-34(28)43(32)41-23)26-13-11-24(12-14-26)22-42-17-15-27(16-18-42)35(44)40-36-38-30-9-5-6-10-31(30)45-36/h2-14,19-21,27H,15-18,22H2,1H3,(H,38,40,44). The summed E-state index contributed by atoms with van der Waals surface area (Å²) >= 11 is 1.53. The smallest absolute Gasteiger partial charge is 0.229 e. The van der Waals surface area contributed by atoms with Gasteiger partial charge in [0.05, 0.1) is 21.6 Å². The second kappa shape index (κ2) is 11.5. The summed E-state index contributed by atoms with van der Waals surface area (Å²) in [5, 5.41) is 9.35. The van der Waals surface area contributed by atoms with Crippen molar-refractivity contribution in [3.63, 3.8) is 0 Å². The number of carbonyl (C=O) groups is 1. The van der Waals surface area contributed by atoms with Gasteiger partial charge in [0.2, 0.25) is 5.91 Å². The Bertz CT molecular complexity index is 2130. The normalized spacial score (nSPS) is 14.4. The molecule has 222 valence electrons. The van der Waals surface area contributed by atoms with Crippen LogP contribution in [0.1, 0.15) is 24.1 Å². The fourth-order valence-electron chi connectivity index (χ4n) is 6.22. The van der Waals surface area contributed by atoms with E-state index in [0.717, 1.165) is 87.5 Å². The van der Waals surface area contributed by atoms with E-state index >= 15 is 0 Å². The van der Waals surface area contributed by atoms with Crippen molar-refractivity contribution in [2.75, 3.05) is 18.4 Å². The number of aryl methyl sites for hydroxylation is 1. The molecule has 0 aliphatic carbocycles. The summed E-state index contributed by atoms with van der Waals surface area (Å²) in [6, 6.07) is 31.2. The Morgan fingerprint density at radius 2 is 1.69 bits per heavy atom. The van der Waals surface area contributed by atoms with E-state index in [4.69, 9.17) is 4.98 Å². The van der Waals surface area contributed by atoms with Gasteiger partial charge in [0.15, 0.2) is 16.4 Å². The van der Waals surface area contributed by atoms with Crippen LogP contribution in [-0.4, -0.2) is 48.5 Å². The van der Waals surface area contributed by atoms with Crippen molar-refractivity contribution in [2.45, 2.75) is 26.3 Å². The van der Waals surface area contributed by atoms with Gasteiger partial charge in [-0.05, 0) is 62.2 Å². The van der Waals surface area contributed by atoms with Gasteiger partial charge < -0.3 is 5.32 Å². The number of pyridine rings is 1. The molecule has 0 spiro atoms. The number of para-hydroxylation sites is 1. The lowest BCUT2D eigenvalue weighted by molar-refractivity contribution is -0.121. The minimum Gasteiger partial charge on any atom is -0.302 e. The molecule has 1 saturated heterocycles. The highest BCUT2D eigenvalue weighted by Gasteiger charge is 2.26. The van der Waals surface area contributed by atoms with E-state index in [1.54, 1.807) is 0 Å².